The van der Waals surface area contributed by atoms with Crippen LogP contribution in [0.5, 0.6) is 5.75 Å². The standard InChI is InChI=1S/C13H20FN3O2.HI/c1-3-15-13(16-6-7-19-2)17-9-10-4-5-12(18)11(14)8-10;/h4-5,8,18H,3,6-7,9H2,1-2H3,(H2,15,16,17);1H. The topological polar surface area (TPSA) is 65.9 Å². The summed E-state index contributed by atoms with van der Waals surface area (Å²) in [4.78, 5) is 4.32. The van der Waals surface area contributed by atoms with Gasteiger partial charge in [-0.15, -0.1) is 24.0 Å². The summed E-state index contributed by atoms with van der Waals surface area (Å²) in [6, 6.07) is 4.24. The zero-order valence-electron chi connectivity index (χ0n) is 11.6. The molecule has 114 valence electrons. The van der Waals surface area contributed by atoms with Crippen LogP contribution in [0, 0.1) is 5.82 Å². The predicted molar refractivity (Wildman–Crippen MR) is 88.2 cm³/mol. The Bertz CT molecular complexity index is 430. The SMILES string of the molecule is CCNC(=NCc1ccc(O)c(F)c1)NCCOC.I. The first kappa shape index (κ1) is 18.9. The summed E-state index contributed by atoms with van der Waals surface area (Å²) >= 11 is 0. The minimum atomic E-state index is -0.634. The van der Waals surface area contributed by atoms with Crippen molar-refractivity contribution in [2.45, 2.75) is 13.5 Å². The molecule has 1 rings (SSSR count). The Labute approximate surface area is 135 Å². The number of guanidine groups is 1. The Hall–Kier alpha value is -1.09. The van der Waals surface area contributed by atoms with Crippen molar-refractivity contribution in [2.24, 2.45) is 4.99 Å². The third-order valence-electron chi connectivity index (χ3n) is 2.37. The van der Waals surface area contributed by atoms with Crippen molar-refractivity contribution in [1.29, 1.82) is 0 Å². The van der Waals surface area contributed by atoms with Gasteiger partial charge in [0, 0.05) is 20.2 Å². The normalized spacial score (nSPS) is 10.8. The Morgan fingerprint density at radius 1 is 1.40 bits per heavy atom. The minimum absolute atomic E-state index is 0. The second-order valence-corrected chi connectivity index (χ2v) is 3.90. The Morgan fingerprint density at radius 3 is 2.75 bits per heavy atom. The highest BCUT2D eigenvalue weighted by atomic mass is 127. The molecule has 0 aromatic heterocycles. The molecule has 0 aliphatic heterocycles. The van der Waals surface area contributed by atoms with Gasteiger partial charge in [0.1, 0.15) is 0 Å². The number of ether oxygens (including phenoxy) is 1. The Morgan fingerprint density at radius 2 is 2.15 bits per heavy atom. The van der Waals surface area contributed by atoms with E-state index in [0.29, 0.717) is 31.2 Å². The second-order valence-electron chi connectivity index (χ2n) is 3.90. The van der Waals surface area contributed by atoms with Crippen LogP contribution in [0.25, 0.3) is 0 Å². The van der Waals surface area contributed by atoms with Gasteiger partial charge in [0.2, 0.25) is 0 Å². The van der Waals surface area contributed by atoms with Crippen molar-refractivity contribution in [3.63, 3.8) is 0 Å². The number of halogens is 2. The van der Waals surface area contributed by atoms with Crippen LogP contribution in [0.15, 0.2) is 23.2 Å². The van der Waals surface area contributed by atoms with Gasteiger partial charge in [0.15, 0.2) is 17.5 Å². The summed E-state index contributed by atoms with van der Waals surface area (Å²) in [6.07, 6.45) is 0. The van der Waals surface area contributed by atoms with Crippen molar-refractivity contribution >= 4 is 29.9 Å². The van der Waals surface area contributed by atoms with Gasteiger partial charge in [0.25, 0.3) is 0 Å². The molecule has 3 N–H and O–H groups in total. The molecule has 7 heteroatoms. The first-order chi connectivity index (χ1) is 9.17. The van der Waals surface area contributed by atoms with Gasteiger partial charge >= 0.3 is 0 Å². The van der Waals surface area contributed by atoms with Crippen molar-refractivity contribution in [1.82, 2.24) is 10.6 Å². The van der Waals surface area contributed by atoms with E-state index in [1.54, 1.807) is 13.2 Å². The molecule has 0 spiro atoms. The van der Waals surface area contributed by atoms with E-state index >= 15 is 0 Å². The molecule has 0 radical (unpaired) electrons. The fourth-order valence-corrected chi connectivity index (χ4v) is 1.43. The molecule has 0 atom stereocenters. The summed E-state index contributed by atoms with van der Waals surface area (Å²) in [6.45, 7) is 4.26. The van der Waals surface area contributed by atoms with Crippen LogP contribution in [-0.4, -0.2) is 37.9 Å². The summed E-state index contributed by atoms with van der Waals surface area (Å²) in [7, 11) is 1.63. The fraction of sp³-hybridized carbons (Fsp3) is 0.462. The highest BCUT2D eigenvalue weighted by Gasteiger charge is 2.02. The maximum Gasteiger partial charge on any atom is 0.191 e. The minimum Gasteiger partial charge on any atom is -0.505 e. The van der Waals surface area contributed by atoms with Crippen LogP contribution in [0.3, 0.4) is 0 Å². The molecular weight excluding hydrogens is 376 g/mol. The lowest BCUT2D eigenvalue weighted by Crippen LogP contribution is -2.38. The Balaban J connectivity index is 0.00000361. The maximum absolute atomic E-state index is 13.2. The predicted octanol–water partition coefficient (Wildman–Crippen LogP) is 1.85. The number of nitrogens with one attached hydrogen (secondary N) is 2. The van der Waals surface area contributed by atoms with E-state index in [9.17, 15) is 4.39 Å². The van der Waals surface area contributed by atoms with Gasteiger partial charge in [-0.3, -0.25) is 0 Å². The number of aromatic hydroxyl groups is 1. The summed E-state index contributed by atoms with van der Waals surface area (Å²) in [5.74, 6) is -0.337. The Kier molecular flexibility index (Phi) is 10.1. The van der Waals surface area contributed by atoms with Crippen LogP contribution in [-0.2, 0) is 11.3 Å². The van der Waals surface area contributed by atoms with E-state index in [0.717, 1.165) is 6.54 Å². The zero-order chi connectivity index (χ0) is 14.1. The zero-order valence-corrected chi connectivity index (χ0v) is 14.0. The molecular formula is C13H21FIN3O2. The molecule has 0 bridgehead atoms. The van der Waals surface area contributed by atoms with E-state index in [1.807, 2.05) is 6.92 Å². The third-order valence-corrected chi connectivity index (χ3v) is 2.37. The fourth-order valence-electron chi connectivity index (χ4n) is 1.43. The molecule has 0 fully saturated rings. The van der Waals surface area contributed by atoms with Crippen LogP contribution < -0.4 is 10.6 Å². The molecule has 5 nitrogen and oxygen atoms in total. The van der Waals surface area contributed by atoms with E-state index in [4.69, 9.17) is 9.84 Å². The number of hydrogen-bond donors (Lipinski definition) is 3. The monoisotopic (exact) mass is 397 g/mol. The quantitative estimate of drug-likeness (QED) is 0.297. The number of nitrogens with zero attached hydrogens (tertiary/aromatic N) is 1. The van der Waals surface area contributed by atoms with Crippen molar-refractivity contribution in [2.75, 3.05) is 26.8 Å². The van der Waals surface area contributed by atoms with Gasteiger partial charge in [-0.1, -0.05) is 6.07 Å². The number of phenols is 1. The van der Waals surface area contributed by atoms with E-state index in [2.05, 4.69) is 15.6 Å². The molecule has 0 aliphatic carbocycles. The number of phenolic OH excluding ortho intramolecular Hbond substituents is 1. The average Bonchev–Trinajstić information content (AvgIpc) is 2.40. The number of aliphatic imine (C=N–C) groups is 1. The molecule has 0 amide bonds. The van der Waals surface area contributed by atoms with Crippen molar-refractivity contribution in [3.05, 3.63) is 29.6 Å². The van der Waals surface area contributed by atoms with E-state index in [-0.39, 0.29) is 29.7 Å². The molecule has 20 heavy (non-hydrogen) atoms. The van der Waals surface area contributed by atoms with Gasteiger partial charge in [0.05, 0.1) is 13.2 Å². The number of hydrogen-bond acceptors (Lipinski definition) is 3. The van der Waals surface area contributed by atoms with Crippen LogP contribution in [0.1, 0.15) is 12.5 Å². The molecule has 0 heterocycles. The molecule has 0 unspecified atom stereocenters. The number of benzene rings is 1. The molecule has 0 saturated carbocycles. The molecule has 0 aliphatic rings. The smallest absolute Gasteiger partial charge is 0.191 e. The van der Waals surface area contributed by atoms with Crippen LogP contribution in [0.2, 0.25) is 0 Å². The van der Waals surface area contributed by atoms with E-state index < -0.39 is 5.82 Å². The van der Waals surface area contributed by atoms with Crippen molar-refractivity contribution in [3.8, 4) is 5.75 Å². The lowest BCUT2D eigenvalue weighted by atomic mass is 10.2. The summed E-state index contributed by atoms with van der Waals surface area (Å²) in [5, 5.41) is 15.3. The first-order valence-electron chi connectivity index (χ1n) is 6.16. The second kappa shape index (κ2) is 10.7. The molecule has 1 aromatic rings. The highest BCUT2D eigenvalue weighted by Crippen LogP contribution is 2.16. The van der Waals surface area contributed by atoms with Gasteiger partial charge < -0.3 is 20.5 Å². The third kappa shape index (κ3) is 6.90. The highest BCUT2D eigenvalue weighted by molar-refractivity contribution is 14.0. The van der Waals surface area contributed by atoms with Crippen molar-refractivity contribution < 1.29 is 14.2 Å². The van der Waals surface area contributed by atoms with E-state index in [1.165, 1.54) is 12.1 Å². The van der Waals surface area contributed by atoms with Gasteiger partial charge in [-0.05, 0) is 24.6 Å². The molecule has 1 aromatic carbocycles. The lowest BCUT2D eigenvalue weighted by molar-refractivity contribution is 0.203. The van der Waals surface area contributed by atoms with Crippen LogP contribution >= 0.6 is 24.0 Å². The number of rotatable bonds is 6. The maximum atomic E-state index is 13.2. The summed E-state index contributed by atoms with van der Waals surface area (Å²) < 4.78 is 18.1. The van der Waals surface area contributed by atoms with Gasteiger partial charge in [-0.2, -0.15) is 0 Å². The van der Waals surface area contributed by atoms with Crippen LogP contribution in [0.4, 0.5) is 4.39 Å². The number of methoxy groups -OCH3 is 1. The van der Waals surface area contributed by atoms with Gasteiger partial charge in [-0.25, -0.2) is 9.38 Å². The average molecular weight is 397 g/mol. The largest absolute Gasteiger partial charge is 0.505 e. The molecule has 0 saturated heterocycles. The summed E-state index contributed by atoms with van der Waals surface area (Å²) in [5.41, 5.74) is 0.694. The first-order valence-corrected chi connectivity index (χ1v) is 6.16. The lowest BCUT2D eigenvalue weighted by Gasteiger charge is -2.10.